The van der Waals surface area contributed by atoms with E-state index in [4.69, 9.17) is 16.3 Å². The van der Waals surface area contributed by atoms with Gasteiger partial charge in [-0.05, 0) is 17.0 Å². The lowest BCUT2D eigenvalue weighted by Crippen LogP contribution is -2.55. The Hall–Kier alpha value is -1.93. The van der Waals surface area contributed by atoms with Crippen molar-refractivity contribution in [3.63, 3.8) is 0 Å². The summed E-state index contributed by atoms with van der Waals surface area (Å²) in [4.78, 5) is 33.0. The Morgan fingerprint density at radius 2 is 1.85 bits per heavy atom. The fourth-order valence-electron chi connectivity index (χ4n) is 2.09. The Morgan fingerprint density at radius 3 is 2.38 bits per heavy atom. The number of rotatable bonds is 3. The van der Waals surface area contributed by atoms with Crippen molar-refractivity contribution in [1.29, 1.82) is 0 Å². The zero-order chi connectivity index (χ0) is 19.9. The average molecular weight is 387 g/mol. The molecule has 8 nitrogen and oxygen atoms in total. The van der Waals surface area contributed by atoms with Gasteiger partial charge in [-0.25, -0.2) is 19.6 Å². The van der Waals surface area contributed by atoms with E-state index < -0.39 is 18.0 Å². The molecule has 0 amide bonds. The molecule has 1 atom stereocenters. The Morgan fingerprint density at radius 1 is 1.23 bits per heavy atom. The Bertz CT molecular complexity index is 628. The fraction of sp³-hybridized carbons (Fsp3) is 0.647. The summed E-state index contributed by atoms with van der Waals surface area (Å²) in [6, 6.07) is 0.902. The van der Waals surface area contributed by atoms with Gasteiger partial charge in [0.1, 0.15) is 11.9 Å². The van der Waals surface area contributed by atoms with E-state index in [0.29, 0.717) is 30.9 Å². The van der Waals surface area contributed by atoms with E-state index in [-0.39, 0.29) is 11.0 Å². The molecule has 1 fully saturated rings. The van der Waals surface area contributed by atoms with Crippen LogP contribution in [0, 0.1) is 5.41 Å². The number of piperazine rings is 1. The molecule has 1 aliphatic rings. The lowest BCUT2D eigenvalue weighted by Gasteiger charge is -2.35. The average Bonchev–Trinajstić information content (AvgIpc) is 2.58. The number of nitrogens with one attached hydrogen (secondary N) is 1. The number of hydrogen-bond acceptors (Lipinski definition) is 8. The molecule has 0 aromatic carbocycles. The molecule has 146 valence electrons. The second kappa shape index (κ2) is 9.68. The van der Waals surface area contributed by atoms with Crippen LogP contribution in [0.3, 0.4) is 0 Å². The third-order valence-corrected chi connectivity index (χ3v) is 3.26. The van der Waals surface area contributed by atoms with Gasteiger partial charge >= 0.3 is 11.9 Å². The minimum absolute atomic E-state index is 0.0367. The van der Waals surface area contributed by atoms with Crippen LogP contribution in [0.5, 0.6) is 0 Å². The van der Waals surface area contributed by atoms with Crippen LogP contribution in [0.4, 0.5) is 5.82 Å². The molecule has 0 aliphatic carbocycles. The molecule has 1 aromatic rings. The lowest BCUT2D eigenvalue weighted by atomic mass is 10.0. The van der Waals surface area contributed by atoms with Crippen molar-refractivity contribution in [2.45, 2.75) is 33.7 Å². The standard InChI is InChI=1S/C12H15ClN4O4.C5H12/c1-20-10(18)7-5-9(16-12(13)15-7)17-4-3-14-6-8(17)11(19)21-2;1-5(2,3)4/h5,8,14H,3-4,6H2,1-2H3;1-4H3. The normalized spacial score (nSPS) is 17.0. The van der Waals surface area contributed by atoms with Gasteiger partial charge < -0.3 is 19.7 Å². The summed E-state index contributed by atoms with van der Waals surface area (Å²) in [5, 5.41) is 3.01. The monoisotopic (exact) mass is 386 g/mol. The van der Waals surface area contributed by atoms with Crippen LogP contribution in [-0.2, 0) is 14.3 Å². The number of ether oxygens (including phenoxy) is 2. The summed E-state index contributed by atoms with van der Waals surface area (Å²) >= 11 is 5.84. The van der Waals surface area contributed by atoms with Crippen molar-refractivity contribution < 1.29 is 19.1 Å². The molecule has 2 rings (SSSR count). The topological polar surface area (TPSA) is 93.7 Å². The van der Waals surface area contributed by atoms with Crippen LogP contribution in [-0.4, -0.2) is 61.8 Å². The first kappa shape index (κ1) is 22.1. The second-order valence-electron chi connectivity index (χ2n) is 7.31. The number of carbonyl (C=O) groups excluding carboxylic acids is 2. The number of hydrogen-bond donors (Lipinski definition) is 1. The predicted octanol–water partition coefficient (Wildman–Crippen LogP) is 1.92. The third-order valence-electron chi connectivity index (χ3n) is 3.09. The van der Waals surface area contributed by atoms with Gasteiger partial charge in [-0.15, -0.1) is 0 Å². The van der Waals surface area contributed by atoms with Gasteiger partial charge in [0.15, 0.2) is 5.69 Å². The summed E-state index contributed by atoms with van der Waals surface area (Å²) in [6.45, 7) is 10.4. The smallest absolute Gasteiger partial charge is 0.356 e. The van der Waals surface area contributed by atoms with Gasteiger partial charge in [-0.2, -0.15) is 0 Å². The Labute approximate surface area is 159 Å². The molecule has 0 spiro atoms. The molecule has 0 saturated carbocycles. The molecule has 1 N–H and O–H groups in total. The zero-order valence-electron chi connectivity index (χ0n) is 16.1. The maximum atomic E-state index is 11.8. The van der Waals surface area contributed by atoms with Crippen LogP contribution in [0.2, 0.25) is 5.28 Å². The number of methoxy groups -OCH3 is 2. The molecule has 1 saturated heterocycles. The largest absolute Gasteiger partial charge is 0.467 e. The van der Waals surface area contributed by atoms with Crippen molar-refractivity contribution in [2.24, 2.45) is 5.41 Å². The van der Waals surface area contributed by atoms with E-state index in [2.05, 4.69) is 47.7 Å². The van der Waals surface area contributed by atoms with Crippen molar-refractivity contribution in [3.05, 3.63) is 17.0 Å². The van der Waals surface area contributed by atoms with E-state index in [0.717, 1.165) is 0 Å². The first-order chi connectivity index (χ1) is 12.1. The molecule has 1 aromatic heterocycles. The fourth-order valence-corrected chi connectivity index (χ4v) is 2.26. The SMILES string of the molecule is CC(C)(C)C.COC(=O)c1cc(N2CCNCC2C(=O)OC)nc(Cl)n1. The van der Waals surface area contributed by atoms with Crippen LogP contribution in [0.25, 0.3) is 0 Å². The second-order valence-corrected chi connectivity index (χ2v) is 7.65. The van der Waals surface area contributed by atoms with Crippen molar-refractivity contribution in [2.75, 3.05) is 38.8 Å². The summed E-state index contributed by atoms with van der Waals surface area (Å²) in [6.07, 6.45) is 0. The molecule has 0 bridgehead atoms. The predicted molar refractivity (Wildman–Crippen MR) is 99.5 cm³/mol. The summed E-state index contributed by atoms with van der Waals surface area (Å²) in [5.74, 6) is -0.630. The third kappa shape index (κ3) is 7.13. The molecular weight excluding hydrogens is 360 g/mol. The first-order valence-electron chi connectivity index (χ1n) is 8.25. The number of esters is 2. The van der Waals surface area contributed by atoms with Gasteiger partial charge in [0.2, 0.25) is 5.28 Å². The van der Waals surface area contributed by atoms with Crippen molar-refractivity contribution >= 4 is 29.4 Å². The number of nitrogens with zero attached hydrogens (tertiary/aromatic N) is 3. The van der Waals surface area contributed by atoms with Gasteiger partial charge in [0.05, 0.1) is 14.2 Å². The van der Waals surface area contributed by atoms with E-state index in [1.807, 2.05) is 0 Å². The van der Waals surface area contributed by atoms with Gasteiger partial charge in [-0.1, -0.05) is 27.7 Å². The highest BCUT2D eigenvalue weighted by Crippen LogP contribution is 2.20. The summed E-state index contributed by atoms with van der Waals surface area (Å²) in [5.41, 5.74) is 0.537. The highest BCUT2D eigenvalue weighted by molar-refractivity contribution is 6.28. The van der Waals surface area contributed by atoms with Gasteiger partial charge in [-0.3, -0.25) is 0 Å². The number of carbonyl (C=O) groups is 2. The van der Waals surface area contributed by atoms with Crippen molar-refractivity contribution in [1.82, 2.24) is 15.3 Å². The maximum Gasteiger partial charge on any atom is 0.356 e. The van der Waals surface area contributed by atoms with E-state index in [9.17, 15) is 9.59 Å². The first-order valence-corrected chi connectivity index (χ1v) is 8.62. The van der Waals surface area contributed by atoms with E-state index >= 15 is 0 Å². The molecular formula is C17H27ClN4O4. The van der Waals surface area contributed by atoms with Crippen LogP contribution in [0.15, 0.2) is 6.07 Å². The molecule has 9 heteroatoms. The number of anilines is 1. The van der Waals surface area contributed by atoms with Gasteiger partial charge in [0.25, 0.3) is 0 Å². The van der Waals surface area contributed by atoms with Crippen LogP contribution >= 0.6 is 11.6 Å². The summed E-state index contributed by atoms with van der Waals surface area (Å²) < 4.78 is 9.40. The van der Waals surface area contributed by atoms with Crippen LogP contribution < -0.4 is 10.2 Å². The van der Waals surface area contributed by atoms with Crippen molar-refractivity contribution in [3.8, 4) is 0 Å². The van der Waals surface area contributed by atoms with E-state index in [1.54, 1.807) is 4.90 Å². The number of aromatic nitrogens is 2. The molecule has 26 heavy (non-hydrogen) atoms. The van der Waals surface area contributed by atoms with E-state index in [1.165, 1.54) is 20.3 Å². The minimum Gasteiger partial charge on any atom is -0.467 e. The molecule has 1 unspecified atom stereocenters. The molecule has 0 radical (unpaired) electrons. The highest BCUT2D eigenvalue weighted by atomic mass is 35.5. The molecule has 2 heterocycles. The Kier molecular flexibility index (Phi) is 8.23. The zero-order valence-corrected chi connectivity index (χ0v) is 16.9. The van der Waals surface area contributed by atoms with Crippen LogP contribution in [0.1, 0.15) is 38.2 Å². The summed E-state index contributed by atoms with van der Waals surface area (Å²) in [7, 11) is 2.57. The molecule has 1 aliphatic heterocycles. The number of halogens is 1. The Balaban J connectivity index is 0.000000597. The quantitative estimate of drug-likeness (QED) is 0.622. The van der Waals surface area contributed by atoms with Gasteiger partial charge in [0, 0.05) is 25.7 Å². The highest BCUT2D eigenvalue weighted by Gasteiger charge is 2.31. The maximum absolute atomic E-state index is 11.8. The lowest BCUT2D eigenvalue weighted by molar-refractivity contribution is -0.142. The minimum atomic E-state index is -0.620.